The van der Waals surface area contributed by atoms with Gasteiger partial charge in [-0.3, -0.25) is 4.79 Å². The molecule has 0 N–H and O–H groups in total. The Kier molecular flexibility index (Phi) is 2.87. The van der Waals surface area contributed by atoms with E-state index in [1.807, 2.05) is 9.82 Å². The molecular weight excluding hydrogens is 176 g/mol. The molecular formula is CN6O3S. The molecule has 10 heteroatoms. The molecule has 0 aromatic carbocycles. The van der Waals surface area contributed by atoms with Crippen molar-refractivity contribution in [2.45, 2.75) is 0 Å². The highest BCUT2D eigenvalue weighted by Crippen LogP contribution is 1.97. The predicted octanol–water partition coefficient (Wildman–Crippen LogP) is 1.06. The molecule has 0 unspecified atom stereocenters. The van der Waals surface area contributed by atoms with E-state index in [4.69, 9.17) is 11.1 Å². The zero-order chi connectivity index (χ0) is 8.91. The summed E-state index contributed by atoms with van der Waals surface area (Å²) in [5.41, 5.74) is 15.2. The molecule has 1 amide bonds. The Labute approximate surface area is 59.9 Å². The standard InChI is InChI=1S/CN6O3S/c2-5-4-1(8)11(9,10)7-6-3. The number of nitrogens with zero attached hydrogens (tertiary/aromatic N) is 6. The minimum absolute atomic E-state index is 1.82. The Hall–Kier alpha value is -1.76. The van der Waals surface area contributed by atoms with Crippen LogP contribution in [0.5, 0.6) is 0 Å². The summed E-state index contributed by atoms with van der Waals surface area (Å²) in [6.45, 7) is 0. The van der Waals surface area contributed by atoms with Gasteiger partial charge < -0.3 is 0 Å². The van der Waals surface area contributed by atoms with E-state index in [0.717, 1.165) is 0 Å². The second-order valence-corrected chi connectivity index (χ2v) is 2.56. The summed E-state index contributed by atoms with van der Waals surface area (Å²) in [4.78, 5) is 13.9. The van der Waals surface area contributed by atoms with Gasteiger partial charge in [-0.15, -0.1) is 0 Å². The molecule has 0 aromatic rings. The van der Waals surface area contributed by atoms with Gasteiger partial charge in [-0.25, -0.2) is 8.42 Å². The molecule has 0 bridgehead atoms. The molecule has 0 spiro atoms. The Bertz CT molecular complexity index is 353. The van der Waals surface area contributed by atoms with Gasteiger partial charge in [0, 0.05) is 14.3 Å². The van der Waals surface area contributed by atoms with Crippen LogP contribution in [0.25, 0.3) is 20.9 Å². The summed E-state index contributed by atoms with van der Waals surface area (Å²) in [5, 5.41) is 0.382. The van der Waals surface area contributed by atoms with Gasteiger partial charge in [-0.2, -0.15) is 0 Å². The summed E-state index contributed by atoms with van der Waals surface area (Å²) in [5.74, 6) is 0. The third kappa shape index (κ3) is 2.54. The van der Waals surface area contributed by atoms with E-state index < -0.39 is 15.3 Å². The van der Waals surface area contributed by atoms with Gasteiger partial charge in [0.15, 0.2) is 0 Å². The van der Waals surface area contributed by atoms with Gasteiger partial charge in [0.1, 0.15) is 0 Å². The minimum atomic E-state index is -4.62. The first-order valence-electron chi connectivity index (χ1n) is 1.95. The van der Waals surface area contributed by atoms with Gasteiger partial charge in [-0.1, -0.05) is 0 Å². The highest BCUT2D eigenvalue weighted by Gasteiger charge is 2.17. The number of rotatable bonds is 1. The van der Waals surface area contributed by atoms with Gasteiger partial charge in [0.2, 0.25) is 0 Å². The lowest BCUT2D eigenvalue weighted by atomic mass is 11.4. The number of amides is 1. The van der Waals surface area contributed by atoms with E-state index in [2.05, 4.69) is 9.63 Å². The molecule has 0 heterocycles. The topological polar surface area (TPSA) is 149 Å². The quantitative estimate of drug-likeness (QED) is 0.333. The maximum absolute atomic E-state index is 10.3. The van der Waals surface area contributed by atoms with Crippen LogP contribution in [0.3, 0.4) is 0 Å². The lowest BCUT2D eigenvalue weighted by Gasteiger charge is -1.82. The second-order valence-electron chi connectivity index (χ2n) is 1.10. The number of hydrogen-bond donors (Lipinski definition) is 0. The molecule has 9 nitrogen and oxygen atoms in total. The van der Waals surface area contributed by atoms with Crippen LogP contribution in [0.2, 0.25) is 0 Å². The molecule has 0 saturated carbocycles. The molecule has 11 heavy (non-hydrogen) atoms. The zero-order valence-electron chi connectivity index (χ0n) is 4.82. The van der Waals surface area contributed by atoms with Crippen molar-refractivity contribution < 1.29 is 13.2 Å². The molecule has 0 atom stereocenters. The van der Waals surface area contributed by atoms with E-state index in [-0.39, 0.29) is 0 Å². The van der Waals surface area contributed by atoms with Crippen molar-refractivity contribution >= 4 is 15.3 Å². The first-order valence-corrected chi connectivity index (χ1v) is 3.39. The van der Waals surface area contributed by atoms with Crippen LogP contribution < -0.4 is 0 Å². The third-order valence-corrected chi connectivity index (χ3v) is 1.30. The van der Waals surface area contributed by atoms with E-state index in [1.54, 1.807) is 0 Å². The van der Waals surface area contributed by atoms with Crippen LogP contribution >= 0.6 is 0 Å². The first kappa shape index (κ1) is 9.24. The van der Waals surface area contributed by atoms with Gasteiger partial charge >= 0.3 is 15.3 Å². The Morgan fingerprint density at radius 1 is 1.27 bits per heavy atom. The fourth-order valence-electron chi connectivity index (χ4n) is 0.171. The van der Waals surface area contributed by atoms with Crippen LogP contribution in [0.4, 0.5) is 4.79 Å². The maximum atomic E-state index is 10.3. The van der Waals surface area contributed by atoms with Crippen molar-refractivity contribution in [3.05, 3.63) is 20.9 Å². The molecule has 58 valence electrons. The molecule has 0 rings (SSSR count). The average molecular weight is 176 g/mol. The highest BCUT2D eigenvalue weighted by atomic mass is 32.2. The van der Waals surface area contributed by atoms with Crippen LogP contribution in [-0.4, -0.2) is 13.7 Å². The fourth-order valence-corrected chi connectivity index (χ4v) is 0.477. The Morgan fingerprint density at radius 2 is 1.82 bits per heavy atom. The smallest absolute Gasteiger partial charge is 0.274 e. The van der Waals surface area contributed by atoms with Gasteiger partial charge in [-0.05, 0) is 16.2 Å². The number of sulfonamides is 1. The average Bonchev–Trinajstić information content (AvgIpc) is 1.88. The first-order chi connectivity index (χ1) is 5.04. The monoisotopic (exact) mass is 176 g/mol. The van der Waals surface area contributed by atoms with Crippen molar-refractivity contribution in [3.8, 4) is 0 Å². The molecule has 0 fully saturated rings. The van der Waals surface area contributed by atoms with Crippen LogP contribution in [0.1, 0.15) is 0 Å². The van der Waals surface area contributed by atoms with Crippen LogP contribution in [-0.2, 0) is 10.0 Å². The zero-order valence-corrected chi connectivity index (χ0v) is 5.63. The minimum Gasteiger partial charge on any atom is -0.274 e. The number of azide groups is 2. The lowest BCUT2D eigenvalue weighted by molar-refractivity contribution is 0.265. The summed E-state index contributed by atoms with van der Waals surface area (Å²) in [7, 11) is -4.62. The molecule has 0 aliphatic rings. The lowest BCUT2D eigenvalue weighted by Crippen LogP contribution is -2.04. The van der Waals surface area contributed by atoms with Crippen LogP contribution in [0.15, 0.2) is 9.63 Å². The Morgan fingerprint density at radius 3 is 2.18 bits per heavy atom. The summed E-state index contributed by atoms with van der Waals surface area (Å²) < 4.78 is 22.7. The van der Waals surface area contributed by atoms with Gasteiger partial charge in [0.25, 0.3) is 0 Å². The molecule has 0 aromatic heterocycles. The largest absolute Gasteiger partial charge is 0.340 e. The third-order valence-electron chi connectivity index (χ3n) is 0.491. The molecule has 0 saturated heterocycles. The fraction of sp³-hybridized carbons (Fsp3) is 0. The van der Waals surface area contributed by atoms with Crippen molar-refractivity contribution in [3.63, 3.8) is 0 Å². The molecule has 0 aliphatic carbocycles. The number of carbonyl (C=O) groups is 1. The van der Waals surface area contributed by atoms with Crippen molar-refractivity contribution in [1.29, 1.82) is 0 Å². The Balaban J connectivity index is 5.02. The normalized spacial score (nSPS) is 9.09. The van der Waals surface area contributed by atoms with E-state index >= 15 is 0 Å². The van der Waals surface area contributed by atoms with Gasteiger partial charge in [0.05, 0.1) is 0 Å². The SMILES string of the molecule is [N-]=[N+]=NC(=O)S(=O)(=O)N=[N+]=[N-]. The predicted molar refractivity (Wildman–Crippen MR) is 32.6 cm³/mol. The summed E-state index contributed by atoms with van der Waals surface area (Å²) in [6.07, 6.45) is 0. The number of carbonyl (C=O) groups excluding carboxylic acids is 1. The van der Waals surface area contributed by atoms with E-state index in [1.165, 1.54) is 0 Å². The van der Waals surface area contributed by atoms with E-state index in [9.17, 15) is 13.2 Å². The molecule has 0 aliphatic heterocycles. The van der Waals surface area contributed by atoms with Crippen molar-refractivity contribution in [1.82, 2.24) is 0 Å². The summed E-state index contributed by atoms with van der Waals surface area (Å²) >= 11 is 0. The van der Waals surface area contributed by atoms with E-state index in [0.29, 0.717) is 0 Å². The molecule has 0 radical (unpaired) electrons. The second kappa shape index (κ2) is 3.42. The maximum Gasteiger partial charge on any atom is 0.340 e. The van der Waals surface area contributed by atoms with Crippen molar-refractivity contribution in [2.24, 2.45) is 9.63 Å². The number of hydrogen-bond acceptors (Lipinski definition) is 3. The van der Waals surface area contributed by atoms with Crippen molar-refractivity contribution in [2.75, 3.05) is 0 Å². The summed E-state index contributed by atoms with van der Waals surface area (Å²) in [6, 6.07) is 0. The highest BCUT2D eigenvalue weighted by molar-refractivity contribution is 8.04. The van der Waals surface area contributed by atoms with Crippen LogP contribution in [0, 0.1) is 0 Å².